The Kier molecular flexibility index (Phi) is 8.95. The number of imidazole rings is 1. The lowest BCUT2D eigenvalue weighted by atomic mass is 9.93. The maximum Gasteiger partial charge on any atom is 0.193 e. The van der Waals surface area contributed by atoms with E-state index in [0.717, 1.165) is 31.3 Å². The summed E-state index contributed by atoms with van der Waals surface area (Å²) >= 11 is 1.88. The van der Waals surface area contributed by atoms with Crippen molar-refractivity contribution in [2.75, 3.05) is 32.4 Å². The van der Waals surface area contributed by atoms with Gasteiger partial charge in [-0.15, -0.1) is 35.7 Å². The first kappa shape index (κ1) is 22.1. The minimum absolute atomic E-state index is 0. The quantitative estimate of drug-likeness (QED) is 0.222. The Hall–Kier alpha value is -1.22. The maximum absolute atomic E-state index is 4.51. The maximum atomic E-state index is 4.51. The van der Waals surface area contributed by atoms with Gasteiger partial charge in [-0.3, -0.25) is 4.99 Å². The van der Waals surface area contributed by atoms with E-state index >= 15 is 0 Å². The molecule has 7 heteroatoms. The number of aryl methyl sites for hydroxylation is 1. The third kappa shape index (κ3) is 6.14. The second kappa shape index (κ2) is 10.9. The molecule has 1 aliphatic heterocycles. The zero-order valence-electron chi connectivity index (χ0n) is 16.3. The van der Waals surface area contributed by atoms with Crippen LogP contribution in [-0.2, 0) is 0 Å². The van der Waals surface area contributed by atoms with Crippen LogP contribution in [0.5, 0.6) is 0 Å². The van der Waals surface area contributed by atoms with Gasteiger partial charge >= 0.3 is 0 Å². The summed E-state index contributed by atoms with van der Waals surface area (Å²) in [5, 5.41) is 3.53. The Balaban J connectivity index is 0.00000261. The van der Waals surface area contributed by atoms with Crippen LogP contribution in [0.3, 0.4) is 0 Å². The standard InChI is InChI=1S/C20H29N5S.HI/c1-16-4-6-18(7-5-16)26-13-10-23-20(21-3)24-11-8-17(2)19(14-24)25-12-9-22-15-25;/h4-7,9,12,15,17,19H,8,10-11,13-14H2,1-3H3,(H,21,23);1H. The number of thioether (sulfide) groups is 1. The highest BCUT2D eigenvalue weighted by molar-refractivity contribution is 14.0. The smallest absolute Gasteiger partial charge is 0.193 e. The van der Waals surface area contributed by atoms with Gasteiger partial charge in [0.2, 0.25) is 0 Å². The van der Waals surface area contributed by atoms with Crippen molar-refractivity contribution >= 4 is 41.7 Å². The predicted octanol–water partition coefficient (Wildman–Crippen LogP) is 4.06. The first-order valence-corrected chi connectivity index (χ1v) is 10.3. The normalized spacial score (nSPS) is 20.3. The average Bonchev–Trinajstić information content (AvgIpc) is 3.18. The SMILES string of the molecule is CN=C(NCCSc1ccc(C)cc1)N1CCC(C)C(n2ccnc2)C1.I. The molecule has 2 unspecified atom stereocenters. The van der Waals surface area contributed by atoms with Crippen molar-refractivity contribution in [3.05, 3.63) is 48.5 Å². The van der Waals surface area contributed by atoms with Crippen LogP contribution in [-0.4, -0.2) is 52.8 Å². The highest BCUT2D eigenvalue weighted by Gasteiger charge is 2.28. The molecule has 1 aromatic heterocycles. The van der Waals surface area contributed by atoms with Crippen molar-refractivity contribution in [3.8, 4) is 0 Å². The Bertz CT molecular complexity index is 702. The number of hydrogen-bond acceptors (Lipinski definition) is 3. The number of halogens is 1. The van der Waals surface area contributed by atoms with Crippen molar-refractivity contribution in [2.24, 2.45) is 10.9 Å². The van der Waals surface area contributed by atoms with Crippen LogP contribution in [0.25, 0.3) is 0 Å². The number of nitrogens with zero attached hydrogens (tertiary/aromatic N) is 4. The van der Waals surface area contributed by atoms with Crippen molar-refractivity contribution in [2.45, 2.75) is 31.2 Å². The summed E-state index contributed by atoms with van der Waals surface area (Å²) in [5.74, 6) is 2.68. The van der Waals surface area contributed by atoms with Crippen molar-refractivity contribution in [1.29, 1.82) is 0 Å². The molecule has 0 saturated carbocycles. The summed E-state index contributed by atoms with van der Waals surface area (Å²) in [6, 6.07) is 9.17. The van der Waals surface area contributed by atoms with Crippen LogP contribution >= 0.6 is 35.7 Å². The van der Waals surface area contributed by atoms with Gasteiger partial charge in [-0.25, -0.2) is 4.98 Å². The number of guanidine groups is 1. The molecule has 2 atom stereocenters. The van der Waals surface area contributed by atoms with E-state index in [4.69, 9.17) is 0 Å². The molecule has 0 bridgehead atoms. The molecule has 0 aliphatic carbocycles. The van der Waals surface area contributed by atoms with E-state index in [1.807, 2.05) is 31.3 Å². The molecule has 2 aromatic rings. The lowest BCUT2D eigenvalue weighted by molar-refractivity contribution is 0.189. The summed E-state index contributed by atoms with van der Waals surface area (Å²) in [4.78, 5) is 12.4. The van der Waals surface area contributed by atoms with E-state index in [1.54, 1.807) is 0 Å². The predicted molar refractivity (Wildman–Crippen MR) is 125 cm³/mol. The molecule has 1 saturated heterocycles. The van der Waals surface area contributed by atoms with E-state index in [2.05, 4.69) is 69.1 Å². The molecule has 0 radical (unpaired) electrons. The van der Waals surface area contributed by atoms with Crippen LogP contribution in [0.2, 0.25) is 0 Å². The van der Waals surface area contributed by atoms with Gasteiger partial charge in [0.25, 0.3) is 0 Å². The number of rotatable bonds is 5. The van der Waals surface area contributed by atoms with E-state index in [0.29, 0.717) is 12.0 Å². The van der Waals surface area contributed by atoms with Crippen molar-refractivity contribution in [1.82, 2.24) is 19.8 Å². The number of hydrogen-bond donors (Lipinski definition) is 1. The summed E-state index contributed by atoms with van der Waals surface area (Å²) < 4.78 is 2.23. The number of nitrogens with one attached hydrogen (secondary N) is 1. The second-order valence-electron chi connectivity index (χ2n) is 6.92. The molecule has 0 amide bonds. The molecular weight excluding hydrogens is 469 g/mol. The monoisotopic (exact) mass is 499 g/mol. The molecule has 1 fully saturated rings. The molecule has 27 heavy (non-hydrogen) atoms. The minimum atomic E-state index is 0. The van der Waals surface area contributed by atoms with E-state index < -0.39 is 0 Å². The van der Waals surface area contributed by atoms with Crippen LogP contribution in [0, 0.1) is 12.8 Å². The summed E-state index contributed by atoms with van der Waals surface area (Å²) in [5.41, 5.74) is 1.31. The summed E-state index contributed by atoms with van der Waals surface area (Å²) in [7, 11) is 1.87. The van der Waals surface area contributed by atoms with Gasteiger partial charge < -0.3 is 14.8 Å². The molecule has 0 spiro atoms. The fraction of sp³-hybridized carbons (Fsp3) is 0.500. The van der Waals surface area contributed by atoms with Gasteiger partial charge in [0.1, 0.15) is 0 Å². The molecule has 5 nitrogen and oxygen atoms in total. The third-order valence-corrected chi connectivity index (χ3v) is 6.03. The number of aromatic nitrogens is 2. The lowest BCUT2D eigenvalue weighted by Gasteiger charge is -2.39. The number of aliphatic imine (C=N–C) groups is 1. The van der Waals surface area contributed by atoms with Gasteiger partial charge in [0, 0.05) is 49.7 Å². The largest absolute Gasteiger partial charge is 0.355 e. The van der Waals surface area contributed by atoms with E-state index in [9.17, 15) is 0 Å². The Morgan fingerprint density at radius 2 is 2.11 bits per heavy atom. The zero-order chi connectivity index (χ0) is 18.4. The van der Waals surface area contributed by atoms with E-state index in [1.165, 1.54) is 16.9 Å². The van der Waals surface area contributed by atoms with Gasteiger partial charge in [-0.1, -0.05) is 24.6 Å². The molecule has 148 valence electrons. The molecule has 1 aromatic carbocycles. The average molecular weight is 499 g/mol. The minimum Gasteiger partial charge on any atom is -0.355 e. The fourth-order valence-electron chi connectivity index (χ4n) is 3.39. The number of likely N-dealkylation sites (tertiary alicyclic amines) is 1. The molecule has 2 heterocycles. The number of piperidine rings is 1. The fourth-order valence-corrected chi connectivity index (χ4v) is 4.16. The number of benzene rings is 1. The Morgan fingerprint density at radius 3 is 2.78 bits per heavy atom. The van der Waals surface area contributed by atoms with E-state index in [-0.39, 0.29) is 24.0 Å². The lowest BCUT2D eigenvalue weighted by Crippen LogP contribution is -2.49. The molecule has 1 N–H and O–H groups in total. The van der Waals surface area contributed by atoms with Crippen LogP contribution in [0.1, 0.15) is 24.9 Å². The second-order valence-corrected chi connectivity index (χ2v) is 8.09. The Morgan fingerprint density at radius 1 is 1.33 bits per heavy atom. The van der Waals surface area contributed by atoms with Gasteiger partial charge in [0.15, 0.2) is 5.96 Å². The Labute approximate surface area is 184 Å². The van der Waals surface area contributed by atoms with Crippen LogP contribution in [0.15, 0.2) is 52.9 Å². The first-order valence-electron chi connectivity index (χ1n) is 9.30. The highest BCUT2D eigenvalue weighted by Crippen LogP contribution is 2.27. The van der Waals surface area contributed by atoms with Crippen LogP contribution in [0.4, 0.5) is 0 Å². The zero-order valence-corrected chi connectivity index (χ0v) is 19.5. The van der Waals surface area contributed by atoms with Gasteiger partial charge in [0.05, 0.1) is 12.4 Å². The topological polar surface area (TPSA) is 45.5 Å². The van der Waals surface area contributed by atoms with Gasteiger partial charge in [-0.05, 0) is 31.4 Å². The first-order chi connectivity index (χ1) is 12.7. The van der Waals surface area contributed by atoms with Gasteiger partial charge in [-0.2, -0.15) is 0 Å². The molecular formula is C20H30IN5S. The van der Waals surface area contributed by atoms with Crippen molar-refractivity contribution < 1.29 is 0 Å². The van der Waals surface area contributed by atoms with Crippen LogP contribution < -0.4 is 5.32 Å². The van der Waals surface area contributed by atoms with Crippen molar-refractivity contribution in [3.63, 3.8) is 0 Å². The summed E-state index contributed by atoms with van der Waals surface area (Å²) in [6.07, 6.45) is 7.03. The summed E-state index contributed by atoms with van der Waals surface area (Å²) in [6.45, 7) is 7.39. The molecule has 3 rings (SSSR count). The highest BCUT2D eigenvalue weighted by atomic mass is 127. The molecule has 1 aliphatic rings. The third-order valence-electron chi connectivity index (χ3n) is 5.01.